The Morgan fingerprint density at radius 2 is 1.68 bits per heavy atom. The third kappa shape index (κ3) is 3.80. The van der Waals surface area contributed by atoms with Crippen molar-refractivity contribution < 1.29 is 4.79 Å². The number of rotatable bonds is 3. The lowest BCUT2D eigenvalue weighted by Crippen LogP contribution is -2.61. The molecular formula is C15H21N3O. The van der Waals surface area contributed by atoms with Crippen LogP contribution in [0.4, 0.5) is 0 Å². The van der Waals surface area contributed by atoms with Crippen molar-refractivity contribution in [3.63, 3.8) is 0 Å². The average Bonchev–Trinajstić information content (AvgIpc) is 2.35. The van der Waals surface area contributed by atoms with Gasteiger partial charge in [0.2, 0.25) is 0 Å². The number of hydrogen-bond acceptors (Lipinski definition) is 3. The van der Waals surface area contributed by atoms with E-state index in [0.29, 0.717) is 5.56 Å². The number of nitrogens with one attached hydrogen (secondary N) is 1. The van der Waals surface area contributed by atoms with E-state index in [9.17, 15) is 10.1 Å². The normalized spacial score (nSPS) is 12.1. The molecule has 0 saturated heterocycles. The summed E-state index contributed by atoms with van der Waals surface area (Å²) in [6.07, 6.45) is 0. The first-order valence-electron chi connectivity index (χ1n) is 6.26. The molecular weight excluding hydrogens is 238 g/mol. The minimum atomic E-state index is -0.789. The average molecular weight is 259 g/mol. The lowest BCUT2D eigenvalue weighted by atomic mass is 9.98. The molecule has 0 bridgehead atoms. The van der Waals surface area contributed by atoms with Crippen molar-refractivity contribution in [3.8, 4) is 6.07 Å². The lowest BCUT2D eigenvalue weighted by Gasteiger charge is -2.42. The Morgan fingerprint density at radius 3 is 2.11 bits per heavy atom. The number of hydrazine groups is 1. The standard InChI is InChI=1S/C15H21N3O/c1-14(2,3)18(15(4,5)11-16)17-13(19)12-9-7-6-8-10-12/h6-10H,1-5H3,(H,17,19). The number of hydrogen-bond donors (Lipinski definition) is 1. The van der Waals surface area contributed by atoms with Crippen molar-refractivity contribution in [2.75, 3.05) is 0 Å². The van der Waals surface area contributed by atoms with E-state index in [-0.39, 0.29) is 11.4 Å². The topological polar surface area (TPSA) is 56.1 Å². The van der Waals surface area contributed by atoms with Gasteiger partial charge >= 0.3 is 0 Å². The summed E-state index contributed by atoms with van der Waals surface area (Å²) in [4.78, 5) is 12.2. The first kappa shape index (κ1) is 15.2. The van der Waals surface area contributed by atoms with Crippen LogP contribution in [0.5, 0.6) is 0 Å². The molecule has 0 saturated carbocycles. The lowest BCUT2D eigenvalue weighted by molar-refractivity contribution is 0.00625. The summed E-state index contributed by atoms with van der Waals surface area (Å²) in [7, 11) is 0. The van der Waals surface area contributed by atoms with Crippen LogP contribution >= 0.6 is 0 Å². The Morgan fingerprint density at radius 1 is 1.16 bits per heavy atom. The quantitative estimate of drug-likeness (QED) is 0.849. The van der Waals surface area contributed by atoms with Crippen molar-refractivity contribution in [1.29, 1.82) is 5.26 Å². The smallest absolute Gasteiger partial charge is 0.265 e. The van der Waals surface area contributed by atoms with Crippen LogP contribution in [-0.2, 0) is 0 Å². The molecule has 4 nitrogen and oxygen atoms in total. The van der Waals surface area contributed by atoms with E-state index in [2.05, 4.69) is 11.5 Å². The fourth-order valence-electron chi connectivity index (χ4n) is 1.95. The molecule has 0 radical (unpaired) electrons. The van der Waals surface area contributed by atoms with Crippen molar-refractivity contribution in [2.45, 2.75) is 45.7 Å². The molecule has 1 N–H and O–H groups in total. The predicted octanol–water partition coefficient (Wildman–Crippen LogP) is 2.73. The summed E-state index contributed by atoms with van der Waals surface area (Å²) in [5.74, 6) is -0.209. The van der Waals surface area contributed by atoms with Crippen LogP contribution in [0, 0.1) is 11.3 Å². The van der Waals surface area contributed by atoms with Crippen LogP contribution in [0.15, 0.2) is 30.3 Å². The van der Waals surface area contributed by atoms with Crippen molar-refractivity contribution in [1.82, 2.24) is 10.4 Å². The molecule has 1 amide bonds. The number of nitriles is 1. The van der Waals surface area contributed by atoms with Crippen molar-refractivity contribution >= 4 is 5.91 Å². The van der Waals surface area contributed by atoms with Gasteiger partial charge < -0.3 is 0 Å². The summed E-state index contributed by atoms with van der Waals surface area (Å²) in [6.45, 7) is 9.43. The van der Waals surface area contributed by atoms with Crippen LogP contribution in [-0.4, -0.2) is 22.0 Å². The van der Waals surface area contributed by atoms with Gasteiger partial charge in [0.05, 0.1) is 6.07 Å². The minimum Gasteiger partial charge on any atom is -0.283 e. The third-order valence-electron chi connectivity index (χ3n) is 2.75. The van der Waals surface area contributed by atoms with Gasteiger partial charge in [-0.15, -0.1) is 0 Å². The van der Waals surface area contributed by atoms with Gasteiger partial charge in [0, 0.05) is 11.1 Å². The first-order valence-corrected chi connectivity index (χ1v) is 6.26. The fraction of sp³-hybridized carbons (Fsp3) is 0.467. The molecule has 1 rings (SSSR count). The second-order valence-corrected chi connectivity index (χ2v) is 5.98. The molecule has 0 aliphatic carbocycles. The molecule has 0 fully saturated rings. The molecule has 19 heavy (non-hydrogen) atoms. The van der Waals surface area contributed by atoms with E-state index in [4.69, 9.17) is 0 Å². The van der Waals surface area contributed by atoms with Crippen LogP contribution in [0.1, 0.15) is 45.0 Å². The van der Waals surface area contributed by atoms with Gasteiger partial charge in [-0.05, 0) is 46.8 Å². The molecule has 0 atom stereocenters. The number of carbonyl (C=O) groups excluding carboxylic acids is 1. The fourth-order valence-corrected chi connectivity index (χ4v) is 1.95. The number of amides is 1. The Kier molecular flexibility index (Phi) is 4.33. The zero-order valence-corrected chi connectivity index (χ0v) is 12.2. The maximum atomic E-state index is 12.2. The van der Waals surface area contributed by atoms with Gasteiger partial charge in [-0.1, -0.05) is 18.2 Å². The molecule has 0 unspecified atom stereocenters. The highest BCUT2D eigenvalue weighted by Crippen LogP contribution is 2.22. The maximum absolute atomic E-state index is 12.2. The van der Waals surface area contributed by atoms with E-state index in [0.717, 1.165) is 0 Å². The van der Waals surface area contributed by atoms with E-state index >= 15 is 0 Å². The molecule has 0 aliphatic heterocycles. The highest BCUT2D eigenvalue weighted by atomic mass is 16.2. The summed E-state index contributed by atoms with van der Waals surface area (Å²) in [5.41, 5.74) is 2.26. The molecule has 0 spiro atoms. The summed E-state index contributed by atoms with van der Waals surface area (Å²) >= 11 is 0. The van der Waals surface area contributed by atoms with E-state index in [1.165, 1.54) is 0 Å². The SMILES string of the molecule is CC(C)(C)N(NC(=O)c1ccccc1)C(C)(C)C#N. The van der Waals surface area contributed by atoms with Crippen LogP contribution in [0.2, 0.25) is 0 Å². The second-order valence-electron chi connectivity index (χ2n) is 5.98. The zero-order chi connectivity index (χ0) is 14.7. The summed E-state index contributed by atoms with van der Waals surface area (Å²) in [6, 6.07) is 11.2. The Labute approximate surface area is 115 Å². The molecule has 0 aliphatic rings. The van der Waals surface area contributed by atoms with Crippen LogP contribution in [0.3, 0.4) is 0 Å². The third-order valence-corrected chi connectivity index (χ3v) is 2.75. The van der Waals surface area contributed by atoms with Gasteiger partial charge in [0.1, 0.15) is 5.54 Å². The number of nitrogens with zero attached hydrogens (tertiary/aromatic N) is 2. The van der Waals surface area contributed by atoms with Gasteiger partial charge in [0.25, 0.3) is 5.91 Å². The largest absolute Gasteiger partial charge is 0.283 e. The first-order chi connectivity index (χ1) is 8.68. The second kappa shape index (κ2) is 5.41. The monoisotopic (exact) mass is 259 g/mol. The molecule has 1 aromatic carbocycles. The number of carbonyl (C=O) groups is 1. The summed E-state index contributed by atoms with van der Waals surface area (Å²) in [5, 5.41) is 11.0. The van der Waals surface area contributed by atoms with E-state index < -0.39 is 5.54 Å². The molecule has 0 heterocycles. The zero-order valence-electron chi connectivity index (χ0n) is 12.2. The van der Waals surface area contributed by atoms with Crippen molar-refractivity contribution in [2.24, 2.45) is 0 Å². The minimum absolute atomic E-state index is 0.209. The highest BCUT2D eigenvalue weighted by Gasteiger charge is 2.36. The molecule has 1 aromatic rings. The van der Waals surface area contributed by atoms with Gasteiger partial charge in [-0.3, -0.25) is 10.2 Å². The van der Waals surface area contributed by atoms with Gasteiger partial charge in [-0.25, -0.2) is 0 Å². The Bertz CT molecular complexity index is 480. The van der Waals surface area contributed by atoms with E-state index in [1.807, 2.05) is 39.0 Å². The van der Waals surface area contributed by atoms with Crippen LogP contribution < -0.4 is 5.43 Å². The maximum Gasteiger partial charge on any atom is 0.265 e. The van der Waals surface area contributed by atoms with Gasteiger partial charge in [-0.2, -0.15) is 10.3 Å². The van der Waals surface area contributed by atoms with Crippen molar-refractivity contribution in [3.05, 3.63) is 35.9 Å². The Balaban J connectivity index is 2.99. The van der Waals surface area contributed by atoms with Gasteiger partial charge in [0.15, 0.2) is 0 Å². The molecule has 4 heteroatoms. The highest BCUT2D eigenvalue weighted by molar-refractivity contribution is 5.93. The Hall–Kier alpha value is -1.86. The van der Waals surface area contributed by atoms with E-state index in [1.54, 1.807) is 31.0 Å². The number of benzene rings is 1. The van der Waals surface area contributed by atoms with Crippen LogP contribution in [0.25, 0.3) is 0 Å². The molecule has 102 valence electrons. The summed E-state index contributed by atoms with van der Waals surface area (Å²) < 4.78 is 0. The predicted molar refractivity (Wildman–Crippen MR) is 75.2 cm³/mol. The molecule has 0 aromatic heterocycles.